The van der Waals surface area contributed by atoms with Crippen molar-refractivity contribution in [3.63, 3.8) is 0 Å². The van der Waals surface area contributed by atoms with Crippen LogP contribution in [0.4, 0.5) is 5.69 Å². The molecule has 1 heterocycles. The van der Waals surface area contributed by atoms with Crippen molar-refractivity contribution in [2.45, 2.75) is 19.1 Å². The van der Waals surface area contributed by atoms with Gasteiger partial charge in [0.25, 0.3) is 0 Å². The van der Waals surface area contributed by atoms with E-state index in [2.05, 4.69) is 5.32 Å². The molecule has 1 atom stereocenters. The molecule has 0 aromatic heterocycles. The number of nitrogens with one attached hydrogen (secondary N) is 1. The molecule has 1 aliphatic heterocycles. The van der Waals surface area contributed by atoms with E-state index in [9.17, 15) is 9.59 Å². The average Bonchev–Trinajstić information content (AvgIpc) is 2.68. The van der Waals surface area contributed by atoms with Crippen LogP contribution >= 0.6 is 24.0 Å². The zero-order valence-corrected chi connectivity index (χ0v) is 13.4. The molecule has 1 N–H and O–H groups in total. The number of hydrogen-bond donors (Lipinski definition) is 1. The topological polar surface area (TPSA) is 58.6 Å². The molecule has 1 aromatic carbocycles. The molecule has 0 bridgehead atoms. The number of thioether (sulfide) groups is 1. The van der Waals surface area contributed by atoms with E-state index in [0.29, 0.717) is 22.4 Å². The van der Waals surface area contributed by atoms with E-state index in [-0.39, 0.29) is 23.6 Å². The number of nitrogens with zero attached hydrogens (tertiary/aromatic N) is 1. The van der Waals surface area contributed by atoms with E-state index in [4.69, 9.17) is 17.0 Å². The van der Waals surface area contributed by atoms with E-state index < -0.39 is 0 Å². The molecule has 1 aromatic rings. The number of rotatable bonds is 5. The first-order chi connectivity index (χ1) is 10.0. The van der Waals surface area contributed by atoms with E-state index >= 15 is 0 Å². The average molecular weight is 324 g/mol. The number of ether oxygens (including phenoxy) is 1. The molecule has 2 amide bonds. The summed E-state index contributed by atoms with van der Waals surface area (Å²) in [6, 6.07) is 7.17. The number of para-hydroxylation sites is 2. The van der Waals surface area contributed by atoms with Crippen LogP contribution in [0.3, 0.4) is 0 Å². The summed E-state index contributed by atoms with van der Waals surface area (Å²) in [6.07, 6.45) is 0. The highest BCUT2D eigenvalue weighted by Crippen LogP contribution is 2.27. The highest BCUT2D eigenvalue weighted by atomic mass is 32.2. The van der Waals surface area contributed by atoms with Gasteiger partial charge in [0.2, 0.25) is 11.8 Å². The van der Waals surface area contributed by atoms with Crippen LogP contribution in [-0.2, 0) is 9.59 Å². The van der Waals surface area contributed by atoms with Gasteiger partial charge in [0, 0.05) is 0 Å². The molecule has 0 radical (unpaired) electrons. The van der Waals surface area contributed by atoms with Gasteiger partial charge in [-0.3, -0.25) is 14.5 Å². The maximum atomic E-state index is 12.1. The number of carbonyl (C=O) groups is 2. The molecule has 5 nitrogen and oxygen atoms in total. The molecule has 21 heavy (non-hydrogen) atoms. The summed E-state index contributed by atoms with van der Waals surface area (Å²) in [6.45, 7) is 4.09. The molecule has 0 saturated carbocycles. The van der Waals surface area contributed by atoms with Gasteiger partial charge in [0.05, 0.1) is 17.5 Å². The van der Waals surface area contributed by atoms with Crippen LogP contribution < -0.4 is 10.1 Å². The van der Waals surface area contributed by atoms with Crippen LogP contribution in [0.25, 0.3) is 0 Å². The fourth-order valence-electron chi connectivity index (χ4n) is 1.90. The van der Waals surface area contributed by atoms with E-state index in [1.165, 1.54) is 16.7 Å². The zero-order chi connectivity index (χ0) is 15.4. The number of anilines is 1. The van der Waals surface area contributed by atoms with Crippen molar-refractivity contribution in [3.8, 4) is 5.75 Å². The smallest absolute Gasteiger partial charge is 0.244 e. The van der Waals surface area contributed by atoms with E-state index in [0.717, 1.165) is 0 Å². The van der Waals surface area contributed by atoms with Gasteiger partial charge >= 0.3 is 0 Å². The van der Waals surface area contributed by atoms with Crippen molar-refractivity contribution in [1.29, 1.82) is 0 Å². The maximum Gasteiger partial charge on any atom is 0.244 e. The summed E-state index contributed by atoms with van der Waals surface area (Å²) < 4.78 is 5.89. The van der Waals surface area contributed by atoms with Crippen LogP contribution in [0.5, 0.6) is 5.75 Å². The van der Waals surface area contributed by atoms with Crippen molar-refractivity contribution >= 4 is 45.8 Å². The fraction of sp³-hybridized carbons (Fsp3) is 0.357. The third-order valence-corrected chi connectivity index (χ3v) is 4.36. The Balaban J connectivity index is 2.02. The molecule has 1 aliphatic rings. The summed E-state index contributed by atoms with van der Waals surface area (Å²) >= 11 is 6.41. The first kappa shape index (κ1) is 15.8. The van der Waals surface area contributed by atoms with Crippen molar-refractivity contribution in [2.24, 2.45) is 0 Å². The van der Waals surface area contributed by atoms with Gasteiger partial charge in [-0.15, -0.1) is 0 Å². The monoisotopic (exact) mass is 324 g/mol. The lowest BCUT2D eigenvalue weighted by atomic mass is 10.3. The standard InChI is InChI=1S/C14H16N2O3S2/c1-3-19-11-7-5-4-6-10(11)15-12(17)8-16-13(18)9(2)21-14(16)20/h4-7,9H,3,8H2,1-2H3,(H,15,17). The van der Waals surface area contributed by atoms with Gasteiger partial charge in [-0.25, -0.2) is 0 Å². The normalized spacial score (nSPS) is 18.0. The number of hydrogen-bond acceptors (Lipinski definition) is 5. The van der Waals surface area contributed by atoms with Gasteiger partial charge in [0.1, 0.15) is 16.6 Å². The lowest BCUT2D eigenvalue weighted by molar-refractivity contribution is -0.129. The fourth-order valence-corrected chi connectivity index (χ4v) is 3.30. The molecule has 112 valence electrons. The first-order valence-electron chi connectivity index (χ1n) is 6.56. The van der Waals surface area contributed by atoms with Gasteiger partial charge in [-0.2, -0.15) is 0 Å². The molecule has 1 fully saturated rings. The molecule has 1 unspecified atom stereocenters. The van der Waals surface area contributed by atoms with Crippen molar-refractivity contribution < 1.29 is 14.3 Å². The summed E-state index contributed by atoms with van der Waals surface area (Å²) in [5, 5.41) is 2.53. The van der Waals surface area contributed by atoms with Crippen LogP contribution in [-0.4, -0.2) is 39.4 Å². The lowest BCUT2D eigenvalue weighted by Crippen LogP contribution is -2.37. The third kappa shape index (κ3) is 3.74. The van der Waals surface area contributed by atoms with Crippen LogP contribution in [0.2, 0.25) is 0 Å². The molecule has 0 aliphatic carbocycles. The van der Waals surface area contributed by atoms with Crippen LogP contribution in [0.15, 0.2) is 24.3 Å². The van der Waals surface area contributed by atoms with Crippen molar-refractivity contribution in [2.75, 3.05) is 18.5 Å². The molecular weight excluding hydrogens is 308 g/mol. The van der Waals surface area contributed by atoms with E-state index in [1.807, 2.05) is 19.1 Å². The predicted octanol–water partition coefficient (Wildman–Crippen LogP) is 2.27. The van der Waals surface area contributed by atoms with Gasteiger partial charge in [0.15, 0.2) is 0 Å². The predicted molar refractivity (Wildman–Crippen MR) is 87.6 cm³/mol. The Labute approximate surface area is 133 Å². The number of thiocarbonyl (C=S) groups is 1. The Hall–Kier alpha value is -1.60. The number of carbonyl (C=O) groups excluding carboxylic acids is 2. The third-order valence-electron chi connectivity index (χ3n) is 2.87. The Morgan fingerprint density at radius 1 is 1.48 bits per heavy atom. The summed E-state index contributed by atoms with van der Waals surface area (Å²) in [5.74, 6) is 0.178. The number of benzene rings is 1. The van der Waals surface area contributed by atoms with E-state index in [1.54, 1.807) is 19.1 Å². The minimum Gasteiger partial charge on any atom is -0.492 e. The van der Waals surface area contributed by atoms with Crippen LogP contribution in [0, 0.1) is 0 Å². The molecular formula is C14H16N2O3S2. The SMILES string of the molecule is CCOc1ccccc1NC(=O)CN1C(=O)C(C)SC1=S. The van der Waals surface area contributed by atoms with Gasteiger partial charge in [-0.05, 0) is 26.0 Å². The van der Waals surface area contributed by atoms with Gasteiger partial charge in [-0.1, -0.05) is 36.1 Å². The molecule has 2 rings (SSSR count). The summed E-state index contributed by atoms with van der Waals surface area (Å²) in [4.78, 5) is 25.3. The highest BCUT2D eigenvalue weighted by Gasteiger charge is 2.34. The summed E-state index contributed by atoms with van der Waals surface area (Å²) in [7, 11) is 0. The Bertz CT molecular complexity index is 577. The quantitative estimate of drug-likeness (QED) is 0.842. The minimum absolute atomic E-state index is 0.0739. The van der Waals surface area contributed by atoms with Crippen LogP contribution in [0.1, 0.15) is 13.8 Å². The summed E-state index contributed by atoms with van der Waals surface area (Å²) in [5.41, 5.74) is 0.586. The largest absolute Gasteiger partial charge is 0.492 e. The van der Waals surface area contributed by atoms with Gasteiger partial charge < -0.3 is 10.1 Å². The Morgan fingerprint density at radius 3 is 2.81 bits per heavy atom. The van der Waals surface area contributed by atoms with Crippen molar-refractivity contribution in [3.05, 3.63) is 24.3 Å². The van der Waals surface area contributed by atoms with Crippen molar-refractivity contribution in [1.82, 2.24) is 4.90 Å². The second-order valence-electron chi connectivity index (χ2n) is 4.43. The first-order valence-corrected chi connectivity index (χ1v) is 7.85. The maximum absolute atomic E-state index is 12.1. The molecule has 1 saturated heterocycles. The second kappa shape index (κ2) is 6.91. The Morgan fingerprint density at radius 2 is 2.19 bits per heavy atom. The minimum atomic E-state index is -0.299. The second-order valence-corrected chi connectivity index (χ2v) is 6.40. The lowest BCUT2D eigenvalue weighted by Gasteiger charge is -2.16. The number of amides is 2. The zero-order valence-electron chi connectivity index (χ0n) is 11.8. The molecule has 7 heteroatoms. The Kier molecular flexibility index (Phi) is 5.19. The highest BCUT2D eigenvalue weighted by molar-refractivity contribution is 8.24. The molecule has 0 spiro atoms.